The van der Waals surface area contributed by atoms with E-state index in [9.17, 15) is 9.59 Å². The number of amides is 1. The lowest BCUT2D eigenvalue weighted by Crippen LogP contribution is -2.30. The zero-order chi connectivity index (χ0) is 14.9. The summed E-state index contributed by atoms with van der Waals surface area (Å²) in [5.41, 5.74) is 8.74. The Labute approximate surface area is 116 Å². The standard InChI is InChI=1S/C15H17NO4/c1-8-4-5-12-11(7-19-14(12)9(8)2)6-13(17)20-10(3)15(16)18/h4-5,7,10H,6H2,1-3H3,(H2,16,18)/t10-/m0/s1. The van der Waals surface area contributed by atoms with Gasteiger partial charge in [-0.05, 0) is 31.9 Å². The summed E-state index contributed by atoms with van der Waals surface area (Å²) >= 11 is 0. The quantitative estimate of drug-likeness (QED) is 0.865. The van der Waals surface area contributed by atoms with E-state index in [4.69, 9.17) is 14.9 Å². The maximum Gasteiger partial charge on any atom is 0.311 e. The van der Waals surface area contributed by atoms with Gasteiger partial charge < -0.3 is 14.9 Å². The van der Waals surface area contributed by atoms with Crippen LogP contribution in [-0.4, -0.2) is 18.0 Å². The van der Waals surface area contributed by atoms with Crippen LogP contribution in [0.2, 0.25) is 0 Å². The van der Waals surface area contributed by atoms with Gasteiger partial charge in [-0.25, -0.2) is 0 Å². The molecule has 20 heavy (non-hydrogen) atoms. The van der Waals surface area contributed by atoms with Crippen molar-refractivity contribution in [1.29, 1.82) is 0 Å². The highest BCUT2D eigenvalue weighted by Crippen LogP contribution is 2.26. The zero-order valence-electron chi connectivity index (χ0n) is 11.7. The van der Waals surface area contributed by atoms with Gasteiger partial charge in [0.1, 0.15) is 5.58 Å². The number of hydrogen-bond acceptors (Lipinski definition) is 4. The van der Waals surface area contributed by atoms with Crippen molar-refractivity contribution in [1.82, 2.24) is 0 Å². The Morgan fingerprint density at radius 2 is 2.05 bits per heavy atom. The molecule has 0 bridgehead atoms. The van der Waals surface area contributed by atoms with E-state index in [2.05, 4.69) is 0 Å². The molecule has 0 fully saturated rings. The fourth-order valence-electron chi connectivity index (χ4n) is 1.98. The van der Waals surface area contributed by atoms with E-state index in [1.54, 1.807) is 6.26 Å². The third kappa shape index (κ3) is 2.66. The normalized spacial score (nSPS) is 12.3. The van der Waals surface area contributed by atoms with Crippen LogP contribution >= 0.6 is 0 Å². The number of carbonyl (C=O) groups is 2. The zero-order valence-corrected chi connectivity index (χ0v) is 11.7. The largest absolute Gasteiger partial charge is 0.464 e. The van der Waals surface area contributed by atoms with Gasteiger partial charge in [0.05, 0.1) is 12.7 Å². The number of carbonyl (C=O) groups excluding carboxylic acids is 2. The van der Waals surface area contributed by atoms with Crippen LogP contribution in [0.1, 0.15) is 23.6 Å². The van der Waals surface area contributed by atoms with Crippen molar-refractivity contribution in [2.45, 2.75) is 33.3 Å². The highest BCUT2D eigenvalue weighted by atomic mass is 16.5. The van der Waals surface area contributed by atoms with E-state index in [1.165, 1.54) is 6.92 Å². The summed E-state index contributed by atoms with van der Waals surface area (Å²) < 4.78 is 10.4. The minimum Gasteiger partial charge on any atom is -0.464 e. The first kappa shape index (κ1) is 14.1. The first-order valence-electron chi connectivity index (χ1n) is 6.35. The van der Waals surface area contributed by atoms with Crippen LogP contribution in [0.15, 0.2) is 22.8 Å². The van der Waals surface area contributed by atoms with E-state index >= 15 is 0 Å². The molecule has 2 aromatic rings. The summed E-state index contributed by atoms with van der Waals surface area (Å²) in [6.07, 6.45) is 0.671. The molecule has 0 spiro atoms. The Balaban J connectivity index is 2.21. The molecule has 1 aromatic heterocycles. The smallest absolute Gasteiger partial charge is 0.311 e. The number of ether oxygens (including phenoxy) is 1. The molecule has 0 saturated heterocycles. The van der Waals surface area contributed by atoms with Crippen molar-refractivity contribution in [2.24, 2.45) is 5.73 Å². The molecular formula is C15H17NO4. The molecule has 1 aromatic carbocycles. The molecule has 0 aliphatic rings. The van der Waals surface area contributed by atoms with Gasteiger partial charge in [-0.1, -0.05) is 12.1 Å². The summed E-state index contributed by atoms with van der Waals surface area (Å²) in [4.78, 5) is 22.6. The molecule has 2 rings (SSSR count). The molecule has 5 heteroatoms. The van der Waals surface area contributed by atoms with Gasteiger partial charge in [0.15, 0.2) is 6.10 Å². The number of fused-ring (bicyclic) bond motifs is 1. The van der Waals surface area contributed by atoms with Crippen LogP contribution in [0.5, 0.6) is 0 Å². The Kier molecular flexibility index (Phi) is 3.79. The van der Waals surface area contributed by atoms with Gasteiger partial charge in [0, 0.05) is 10.9 Å². The number of nitrogens with two attached hydrogens (primary N) is 1. The SMILES string of the molecule is Cc1ccc2c(CC(=O)O[C@@H](C)C(N)=O)coc2c1C. The second kappa shape index (κ2) is 5.36. The third-order valence-electron chi connectivity index (χ3n) is 3.39. The first-order valence-corrected chi connectivity index (χ1v) is 6.35. The molecule has 5 nitrogen and oxygen atoms in total. The van der Waals surface area contributed by atoms with Gasteiger partial charge in [0.25, 0.3) is 5.91 Å². The number of hydrogen-bond donors (Lipinski definition) is 1. The average molecular weight is 275 g/mol. The van der Waals surface area contributed by atoms with Crippen LogP contribution in [-0.2, 0) is 20.7 Å². The number of aryl methyl sites for hydroxylation is 2. The van der Waals surface area contributed by atoms with E-state index in [0.717, 1.165) is 27.7 Å². The van der Waals surface area contributed by atoms with E-state index in [1.807, 2.05) is 26.0 Å². The fraction of sp³-hybridized carbons (Fsp3) is 0.333. The first-order chi connectivity index (χ1) is 9.40. The predicted octanol–water partition coefficient (Wildman–Crippen LogP) is 2.01. The van der Waals surface area contributed by atoms with Crippen molar-refractivity contribution < 1.29 is 18.7 Å². The van der Waals surface area contributed by atoms with Crippen LogP contribution in [0.25, 0.3) is 11.0 Å². The summed E-state index contributed by atoms with van der Waals surface area (Å²) in [5, 5.41) is 0.886. The molecule has 0 aliphatic carbocycles. The summed E-state index contributed by atoms with van der Waals surface area (Å²) in [6, 6.07) is 3.90. The lowest BCUT2D eigenvalue weighted by molar-refractivity contribution is -0.153. The minimum atomic E-state index is -0.926. The van der Waals surface area contributed by atoms with Crippen LogP contribution in [0.4, 0.5) is 0 Å². The van der Waals surface area contributed by atoms with Crippen molar-refractivity contribution in [3.63, 3.8) is 0 Å². The molecule has 1 heterocycles. The van der Waals surface area contributed by atoms with E-state index in [0.29, 0.717) is 0 Å². The molecule has 0 radical (unpaired) electrons. The molecular weight excluding hydrogens is 258 g/mol. The third-order valence-corrected chi connectivity index (χ3v) is 3.39. The average Bonchev–Trinajstić information content (AvgIpc) is 2.77. The van der Waals surface area contributed by atoms with Gasteiger partial charge >= 0.3 is 5.97 Å². The van der Waals surface area contributed by atoms with Gasteiger partial charge in [-0.15, -0.1) is 0 Å². The lowest BCUT2D eigenvalue weighted by atomic mass is 10.0. The maximum atomic E-state index is 11.7. The summed E-state index contributed by atoms with van der Waals surface area (Å²) in [7, 11) is 0. The number of rotatable bonds is 4. The Bertz CT molecular complexity index is 672. The second-order valence-electron chi connectivity index (χ2n) is 4.86. The molecule has 0 unspecified atom stereocenters. The minimum absolute atomic E-state index is 0.0487. The van der Waals surface area contributed by atoms with Crippen LogP contribution in [0, 0.1) is 13.8 Å². The van der Waals surface area contributed by atoms with E-state index in [-0.39, 0.29) is 6.42 Å². The van der Waals surface area contributed by atoms with Crippen LogP contribution in [0.3, 0.4) is 0 Å². The van der Waals surface area contributed by atoms with Crippen molar-refractivity contribution in [2.75, 3.05) is 0 Å². The summed E-state index contributed by atoms with van der Waals surface area (Å²) in [6.45, 7) is 5.42. The highest BCUT2D eigenvalue weighted by Gasteiger charge is 2.17. The number of esters is 1. The molecule has 2 N–H and O–H groups in total. The van der Waals surface area contributed by atoms with Gasteiger partial charge in [-0.3, -0.25) is 9.59 Å². The monoisotopic (exact) mass is 275 g/mol. The Hall–Kier alpha value is -2.30. The molecule has 1 amide bonds. The highest BCUT2D eigenvalue weighted by molar-refractivity contribution is 5.89. The molecule has 0 saturated carbocycles. The second-order valence-corrected chi connectivity index (χ2v) is 4.86. The maximum absolute atomic E-state index is 11.7. The van der Waals surface area contributed by atoms with Crippen molar-refractivity contribution in [3.8, 4) is 0 Å². The van der Waals surface area contributed by atoms with Crippen molar-refractivity contribution >= 4 is 22.8 Å². The fourth-order valence-corrected chi connectivity index (χ4v) is 1.98. The number of furan rings is 1. The topological polar surface area (TPSA) is 82.5 Å². The van der Waals surface area contributed by atoms with Gasteiger partial charge in [-0.2, -0.15) is 0 Å². The Morgan fingerprint density at radius 3 is 2.70 bits per heavy atom. The number of primary amides is 1. The van der Waals surface area contributed by atoms with Crippen molar-refractivity contribution in [3.05, 3.63) is 35.1 Å². The lowest BCUT2D eigenvalue weighted by Gasteiger charge is -2.08. The predicted molar refractivity (Wildman–Crippen MR) is 74.1 cm³/mol. The molecule has 0 aliphatic heterocycles. The molecule has 1 atom stereocenters. The number of benzene rings is 1. The summed E-state index contributed by atoms with van der Waals surface area (Å²) in [5.74, 6) is -1.17. The van der Waals surface area contributed by atoms with Gasteiger partial charge in [0.2, 0.25) is 0 Å². The van der Waals surface area contributed by atoms with E-state index < -0.39 is 18.0 Å². The Morgan fingerprint density at radius 1 is 1.35 bits per heavy atom. The molecule has 106 valence electrons. The van der Waals surface area contributed by atoms with Crippen LogP contribution < -0.4 is 5.73 Å².